The van der Waals surface area contributed by atoms with Gasteiger partial charge in [0, 0.05) is 10.8 Å². The maximum atomic E-state index is 11.8. The first-order valence-electron chi connectivity index (χ1n) is 2.43. The number of hydrogen-bond donors (Lipinski definition) is 0. The van der Waals surface area contributed by atoms with Crippen molar-refractivity contribution in [2.24, 2.45) is 0 Å². The van der Waals surface area contributed by atoms with E-state index in [-0.39, 0.29) is 11.7 Å². The first-order valence-corrected chi connectivity index (χ1v) is 3.37. The molecule has 0 aliphatic heterocycles. The minimum Gasteiger partial charge on any atom is -0.212 e. The molecule has 0 saturated carbocycles. The van der Waals surface area contributed by atoms with Crippen molar-refractivity contribution in [2.45, 2.75) is 13.8 Å². The highest BCUT2D eigenvalue weighted by atomic mass is 32.2. The van der Waals surface area contributed by atoms with Crippen molar-refractivity contribution in [1.82, 2.24) is 0 Å². The highest BCUT2D eigenvalue weighted by molar-refractivity contribution is 8.04. The van der Waals surface area contributed by atoms with E-state index in [9.17, 15) is 8.78 Å². The molecule has 0 aromatic carbocycles. The lowest BCUT2D eigenvalue weighted by Gasteiger charge is -1.82. The molecule has 0 rings (SSSR count). The van der Waals surface area contributed by atoms with Crippen LogP contribution in [-0.2, 0) is 0 Å². The number of rotatable bonds is 2. The van der Waals surface area contributed by atoms with Crippen LogP contribution in [0.25, 0.3) is 0 Å². The lowest BCUT2D eigenvalue weighted by atomic mass is 10.7. The molecule has 9 heavy (non-hydrogen) atoms. The minimum absolute atomic E-state index is 0.308. The Hall–Kier alpha value is -0.310. The van der Waals surface area contributed by atoms with E-state index in [0.29, 0.717) is 0 Å². The summed E-state index contributed by atoms with van der Waals surface area (Å²) < 4.78 is 23.7. The third-order valence-electron chi connectivity index (χ3n) is 0.461. The van der Waals surface area contributed by atoms with Gasteiger partial charge in [0.1, 0.15) is 11.7 Å². The zero-order valence-electron chi connectivity index (χ0n) is 5.32. The van der Waals surface area contributed by atoms with E-state index in [4.69, 9.17) is 0 Å². The van der Waals surface area contributed by atoms with Gasteiger partial charge in [-0.3, -0.25) is 0 Å². The van der Waals surface area contributed by atoms with Crippen molar-refractivity contribution < 1.29 is 8.78 Å². The second-order valence-corrected chi connectivity index (χ2v) is 2.29. The Bertz CT molecular complexity index is 114. The Kier molecular flexibility index (Phi) is 4.40. The van der Waals surface area contributed by atoms with Crippen LogP contribution in [0, 0.1) is 0 Å². The summed E-state index contributed by atoms with van der Waals surface area (Å²) in [5.41, 5.74) is 0. The van der Waals surface area contributed by atoms with Crippen LogP contribution in [0.4, 0.5) is 8.78 Å². The van der Waals surface area contributed by atoms with E-state index in [2.05, 4.69) is 0 Å². The maximum Gasteiger partial charge on any atom is 0.103 e. The Morgan fingerprint density at radius 1 is 1.11 bits per heavy atom. The smallest absolute Gasteiger partial charge is 0.103 e. The van der Waals surface area contributed by atoms with Gasteiger partial charge in [-0.15, -0.1) is 11.8 Å². The van der Waals surface area contributed by atoms with E-state index < -0.39 is 0 Å². The van der Waals surface area contributed by atoms with Crippen molar-refractivity contribution >= 4 is 11.8 Å². The predicted octanol–water partition coefficient (Wildman–Crippen LogP) is 3.38. The normalized spacial score (nSPS) is 14.2. The van der Waals surface area contributed by atoms with Crippen molar-refractivity contribution in [1.29, 1.82) is 0 Å². The zero-order chi connectivity index (χ0) is 7.28. The third kappa shape index (κ3) is 7.69. The second-order valence-electron chi connectivity index (χ2n) is 1.55. The van der Waals surface area contributed by atoms with Gasteiger partial charge in [-0.25, -0.2) is 8.78 Å². The fraction of sp³-hybridized carbons (Fsp3) is 0.333. The number of hydrogen-bond acceptors (Lipinski definition) is 1. The summed E-state index contributed by atoms with van der Waals surface area (Å²) in [6.45, 7) is 2.63. The minimum atomic E-state index is -0.308. The van der Waals surface area contributed by atoms with Gasteiger partial charge in [-0.1, -0.05) is 0 Å². The van der Waals surface area contributed by atoms with Crippen molar-refractivity contribution in [3.05, 3.63) is 22.5 Å². The van der Waals surface area contributed by atoms with Gasteiger partial charge in [0.05, 0.1) is 0 Å². The number of allylic oxidation sites excluding steroid dienone is 2. The average molecular weight is 150 g/mol. The molecule has 0 amide bonds. The molecule has 0 bridgehead atoms. The number of thioether (sulfide) groups is 1. The lowest BCUT2D eigenvalue weighted by Crippen LogP contribution is -1.56. The summed E-state index contributed by atoms with van der Waals surface area (Å²) in [7, 11) is 0. The third-order valence-corrected chi connectivity index (χ3v) is 1.38. The molecule has 0 aliphatic rings. The molecule has 0 aromatic rings. The average Bonchev–Trinajstić information content (AvgIpc) is 1.63. The highest BCUT2D eigenvalue weighted by Crippen LogP contribution is 2.11. The molecule has 0 fully saturated rings. The Morgan fingerprint density at radius 2 is 1.44 bits per heavy atom. The lowest BCUT2D eigenvalue weighted by molar-refractivity contribution is 0.642. The van der Waals surface area contributed by atoms with Crippen molar-refractivity contribution in [2.75, 3.05) is 0 Å². The standard InChI is InChI=1S/C6H8F2S/c1-5(7)3-9-4-6(2)8/h3-4H,1-2H3. The van der Waals surface area contributed by atoms with E-state index >= 15 is 0 Å². The van der Waals surface area contributed by atoms with E-state index in [0.717, 1.165) is 11.8 Å². The number of halogens is 2. The molecule has 0 unspecified atom stereocenters. The molecular formula is C6H8F2S. The van der Waals surface area contributed by atoms with Crippen LogP contribution in [0.2, 0.25) is 0 Å². The molecule has 0 atom stereocenters. The molecule has 0 saturated heterocycles. The summed E-state index contributed by atoms with van der Waals surface area (Å²) in [6.07, 6.45) is 0. The second kappa shape index (κ2) is 4.56. The van der Waals surface area contributed by atoms with Crippen molar-refractivity contribution in [3.8, 4) is 0 Å². The first kappa shape index (κ1) is 8.69. The van der Waals surface area contributed by atoms with Crippen LogP contribution in [0.1, 0.15) is 13.8 Å². The SMILES string of the molecule is CC(F)=CSC=C(C)F. The van der Waals surface area contributed by atoms with Gasteiger partial charge in [0.15, 0.2) is 0 Å². The van der Waals surface area contributed by atoms with E-state index in [1.807, 2.05) is 0 Å². The monoisotopic (exact) mass is 150 g/mol. The molecule has 0 heterocycles. The zero-order valence-corrected chi connectivity index (χ0v) is 6.14. The predicted molar refractivity (Wildman–Crippen MR) is 37.3 cm³/mol. The van der Waals surface area contributed by atoms with Crippen LogP contribution in [-0.4, -0.2) is 0 Å². The topological polar surface area (TPSA) is 0 Å². The molecule has 0 radical (unpaired) electrons. The molecule has 0 N–H and O–H groups in total. The Balaban J connectivity index is 3.53. The largest absolute Gasteiger partial charge is 0.212 e. The Morgan fingerprint density at radius 3 is 1.67 bits per heavy atom. The van der Waals surface area contributed by atoms with Crippen LogP contribution < -0.4 is 0 Å². The summed E-state index contributed by atoms with van der Waals surface area (Å²) in [5.74, 6) is -0.616. The van der Waals surface area contributed by atoms with Gasteiger partial charge in [-0.05, 0) is 13.8 Å². The fourth-order valence-electron chi connectivity index (χ4n) is 0.222. The van der Waals surface area contributed by atoms with Gasteiger partial charge < -0.3 is 0 Å². The molecule has 3 heteroatoms. The first-order chi connectivity index (χ1) is 4.13. The van der Waals surface area contributed by atoms with Gasteiger partial charge in [0.25, 0.3) is 0 Å². The van der Waals surface area contributed by atoms with Crippen LogP contribution in [0.3, 0.4) is 0 Å². The summed E-state index contributed by atoms with van der Waals surface area (Å²) >= 11 is 0.995. The molecular weight excluding hydrogens is 142 g/mol. The van der Waals surface area contributed by atoms with Crippen LogP contribution in [0.15, 0.2) is 22.5 Å². The molecule has 0 aromatic heterocycles. The summed E-state index contributed by atoms with van der Waals surface area (Å²) in [6, 6.07) is 0. The quantitative estimate of drug-likeness (QED) is 0.581. The van der Waals surface area contributed by atoms with Crippen molar-refractivity contribution in [3.63, 3.8) is 0 Å². The fourth-order valence-corrected chi connectivity index (χ4v) is 0.665. The van der Waals surface area contributed by atoms with Gasteiger partial charge in [0.2, 0.25) is 0 Å². The molecule has 0 nitrogen and oxygen atoms in total. The van der Waals surface area contributed by atoms with E-state index in [1.165, 1.54) is 24.7 Å². The summed E-state index contributed by atoms with van der Waals surface area (Å²) in [4.78, 5) is 0. The molecule has 0 aliphatic carbocycles. The van der Waals surface area contributed by atoms with Gasteiger partial charge >= 0.3 is 0 Å². The summed E-state index contributed by atoms with van der Waals surface area (Å²) in [5, 5.41) is 2.48. The molecule has 0 spiro atoms. The Labute approximate surface area is 57.6 Å². The van der Waals surface area contributed by atoms with E-state index in [1.54, 1.807) is 0 Å². The highest BCUT2D eigenvalue weighted by Gasteiger charge is 1.81. The molecule has 52 valence electrons. The van der Waals surface area contributed by atoms with Crippen LogP contribution >= 0.6 is 11.8 Å². The maximum absolute atomic E-state index is 11.8. The van der Waals surface area contributed by atoms with Gasteiger partial charge in [-0.2, -0.15) is 0 Å². The van der Waals surface area contributed by atoms with Crippen LogP contribution in [0.5, 0.6) is 0 Å².